The number of rotatable bonds is 5. The standard InChI is InChI=1S/C11H16ClN3O3/c1-4-18-10(16)7-15-11(17)8(6-14(2)3)9(12)5-13-15/h5H,4,6-7H2,1-3H3. The van der Waals surface area contributed by atoms with Crippen LogP contribution < -0.4 is 5.56 Å². The summed E-state index contributed by atoms with van der Waals surface area (Å²) < 4.78 is 5.83. The zero-order chi connectivity index (χ0) is 13.7. The van der Waals surface area contributed by atoms with Crippen LogP contribution in [0.3, 0.4) is 0 Å². The molecule has 0 aliphatic rings. The van der Waals surface area contributed by atoms with Gasteiger partial charge in [-0.2, -0.15) is 5.10 Å². The molecular weight excluding hydrogens is 258 g/mol. The Labute approximate surface area is 110 Å². The van der Waals surface area contributed by atoms with E-state index < -0.39 is 5.97 Å². The first-order chi connectivity index (χ1) is 8.45. The van der Waals surface area contributed by atoms with Gasteiger partial charge in [0.05, 0.1) is 23.4 Å². The number of halogens is 1. The first-order valence-electron chi connectivity index (χ1n) is 5.50. The van der Waals surface area contributed by atoms with Crippen LogP contribution in [0, 0.1) is 0 Å². The molecule has 1 aromatic heterocycles. The van der Waals surface area contributed by atoms with Gasteiger partial charge >= 0.3 is 5.97 Å². The molecule has 1 aromatic rings. The highest BCUT2D eigenvalue weighted by Gasteiger charge is 2.13. The Morgan fingerprint density at radius 2 is 2.22 bits per heavy atom. The quantitative estimate of drug-likeness (QED) is 0.732. The van der Waals surface area contributed by atoms with Gasteiger partial charge in [0.1, 0.15) is 6.54 Å². The van der Waals surface area contributed by atoms with Crippen molar-refractivity contribution in [3.05, 3.63) is 27.1 Å². The monoisotopic (exact) mass is 273 g/mol. The maximum absolute atomic E-state index is 12.0. The Bertz CT molecular complexity index is 485. The minimum absolute atomic E-state index is 0.204. The van der Waals surface area contributed by atoms with Crippen LogP contribution in [0.25, 0.3) is 0 Å². The summed E-state index contributed by atoms with van der Waals surface area (Å²) in [4.78, 5) is 25.2. The van der Waals surface area contributed by atoms with Gasteiger partial charge in [-0.1, -0.05) is 11.6 Å². The Morgan fingerprint density at radius 3 is 2.78 bits per heavy atom. The summed E-state index contributed by atoms with van der Waals surface area (Å²) in [6.45, 7) is 2.16. The Hall–Kier alpha value is -1.40. The van der Waals surface area contributed by atoms with Crippen LogP contribution in [0.15, 0.2) is 11.0 Å². The summed E-state index contributed by atoms with van der Waals surface area (Å²) in [5.41, 5.74) is 0.0465. The Balaban J connectivity index is 3.01. The van der Waals surface area contributed by atoms with Gasteiger partial charge in [0.2, 0.25) is 0 Å². The molecule has 6 nitrogen and oxygen atoms in total. The second kappa shape index (κ2) is 6.51. The predicted octanol–water partition coefficient (Wildman–Crippen LogP) is 0.521. The molecule has 0 amide bonds. The summed E-state index contributed by atoms with van der Waals surface area (Å²) in [7, 11) is 3.65. The van der Waals surface area contributed by atoms with Crippen molar-refractivity contribution in [3.8, 4) is 0 Å². The van der Waals surface area contributed by atoms with Gasteiger partial charge in [-0.05, 0) is 21.0 Å². The molecule has 0 radical (unpaired) electrons. The summed E-state index contributed by atoms with van der Waals surface area (Å²) in [6.07, 6.45) is 1.36. The van der Waals surface area contributed by atoms with E-state index in [0.29, 0.717) is 17.1 Å². The SMILES string of the molecule is CCOC(=O)Cn1ncc(Cl)c(CN(C)C)c1=O. The lowest BCUT2D eigenvalue weighted by Crippen LogP contribution is -2.32. The average Bonchev–Trinajstić information content (AvgIpc) is 2.28. The van der Waals surface area contributed by atoms with Crippen molar-refractivity contribution in [1.82, 2.24) is 14.7 Å². The fourth-order valence-electron chi connectivity index (χ4n) is 1.41. The highest BCUT2D eigenvalue weighted by molar-refractivity contribution is 6.31. The third-order valence-electron chi connectivity index (χ3n) is 2.15. The maximum atomic E-state index is 12.0. The molecular formula is C11H16ClN3O3. The van der Waals surface area contributed by atoms with Gasteiger partial charge in [0, 0.05) is 6.54 Å². The topological polar surface area (TPSA) is 64.4 Å². The molecule has 0 aliphatic carbocycles. The van der Waals surface area contributed by atoms with E-state index in [1.54, 1.807) is 6.92 Å². The smallest absolute Gasteiger partial charge is 0.327 e. The maximum Gasteiger partial charge on any atom is 0.327 e. The highest BCUT2D eigenvalue weighted by Crippen LogP contribution is 2.10. The lowest BCUT2D eigenvalue weighted by molar-refractivity contribution is -0.144. The fraction of sp³-hybridized carbons (Fsp3) is 0.545. The molecule has 1 rings (SSSR count). The Kier molecular flexibility index (Phi) is 5.30. The number of hydrogen-bond donors (Lipinski definition) is 0. The van der Waals surface area contributed by atoms with Crippen molar-refractivity contribution in [3.63, 3.8) is 0 Å². The van der Waals surface area contributed by atoms with Crippen molar-refractivity contribution >= 4 is 17.6 Å². The third-order valence-corrected chi connectivity index (χ3v) is 2.48. The van der Waals surface area contributed by atoms with Gasteiger partial charge in [0.25, 0.3) is 5.56 Å². The van der Waals surface area contributed by atoms with Gasteiger partial charge in [-0.25, -0.2) is 4.68 Å². The third kappa shape index (κ3) is 3.82. The van der Waals surface area contributed by atoms with Crippen LogP contribution in [0.4, 0.5) is 0 Å². The van der Waals surface area contributed by atoms with E-state index in [1.165, 1.54) is 6.20 Å². The summed E-state index contributed by atoms with van der Waals surface area (Å²) in [5, 5.41) is 4.12. The molecule has 0 aromatic carbocycles. The predicted molar refractivity (Wildman–Crippen MR) is 67.5 cm³/mol. The van der Waals surface area contributed by atoms with E-state index >= 15 is 0 Å². The fourth-order valence-corrected chi connectivity index (χ4v) is 1.59. The van der Waals surface area contributed by atoms with E-state index in [-0.39, 0.29) is 18.7 Å². The van der Waals surface area contributed by atoms with Crippen molar-refractivity contribution in [2.24, 2.45) is 0 Å². The van der Waals surface area contributed by atoms with Crippen LogP contribution in [-0.4, -0.2) is 41.4 Å². The normalized spacial score (nSPS) is 10.7. The number of nitrogens with zero attached hydrogens (tertiary/aromatic N) is 3. The number of hydrogen-bond acceptors (Lipinski definition) is 5. The number of carbonyl (C=O) groups excluding carboxylic acids is 1. The number of carbonyl (C=O) groups is 1. The first-order valence-corrected chi connectivity index (χ1v) is 5.88. The van der Waals surface area contributed by atoms with Crippen LogP contribution >= 0.6 is 11.6 Å². The lowest BCUT2D eigenvalue weighted by Gasteiger charge is -2.12. The molecule has 0 atom stereocenters. The zero-order valence-electron chi connectivity index (χ0n) is 10.6. The van der Waals surface area contributed by atoms with Gasteiger partial charge in [-0.3, -0.25) is 9.59 Å². The van der Waals surface area contributed by atoms with Crippen LogP contribution in [0.2, 0.25) is 5.02 Å². The molecule has 0 N–H and O–H groups in total. The summed E-state index contributed by atoms with van der Waals surface area (Å²) in [6, 6.07) is 0. The molecule has 0 aliphatic heterocycles. The largest absolute Gasteiger partial charge is 0.465 e. The van der Waals surface area contributed by atoms with Crippen LogP contribution in [-0.2, 0) is 22.6 Å². The van der Waals surface area contributed by atoms with E-state index in [0.717, 1.165) is 4.68 Å². The molecule has 1 heterocycles. The molecule has 0 saturated heterocycles. The molecule has 0 fully saturated rings. The summed E-state index contributed by atoms with van der Waals surface area (Å²) in [5.74, 6) is -0.495. The summed E-state index contributed by atoms with van der Waals surface area (Å²) >= 11 is 5.92. The molecule has 0 saturated carbocycles. The van der Waals surface area contributed by atoms with E-state index in [1.807, 2.05) is 19.0 Å². The molecule has 7 heteroatoms. The average molecular weight is 274 g/mol. The van der Waals surface area contributed by atoms with Gasteiger partial charge in [-0.15, -0.1) is 0 Å². The molecule has 0 unspecified atom stereocenters. The molecule has 18 heavy (non-hydrogen) atoms. The molecule has 0 spiro atoms. The second-order valence-corrected chi connectivity index (χ2v) is 4.38. The zero-order valence-corrected chi connectivity index (χ0v) is 11.4. The van der Waals surface area contributed by atoms with E-state index in [9.17, 15) is 9.59 Å². The number of esters is 1. The molecule has 0 bridgehead atoms. The molecule has 100 valence electrons. The van der Waals surface area contributed by atoms with Crippen molar-refractivity contribution in [2.75, 3.05) is 20.7 Å². The minimum atomic E-state index is -0.495. The van der Waals surface area contributed by atoms with Gasteiger partial charge in [0.15, 0.2) is 0 Å². The number of aromatic nitrogens is 2. The highest BCUT2D eigenvalue weighted by atomic mass is 35.5. The van der Waals surface area contributed by atoms with Crippen LogP contribution in [0.1, 0.15) is 12.5 Å². The van der Waals surface area contributed by atoms with Crippen LogP contribution in [0.5, 0.6) is 0 Å². The van der Waals surface area contributed by atoms with Gasteiger partial charge < -0.3 is 9.64 Å². The number of ether oxygens (including phenoxy) is 1. The van der Waals surface area contributed by atoms with E-state index in [2.05, 4.69) is 5.10 Å². The minimum Gasteiger partial charge on any atom is -0.465 e. The first kappa shape index (κ1) is 14.7. The van der Waals surface area contributed by atoms with Crippen molar-refractivity contribution < 1.29 is 9.53 Å². The van der Waals surface area contributed by atoms with Crippen molar-refractivity contribution in [2.45, 2.75) is 20.0 Å². The Morgan fingerprint density at radius 1 is 1.56 bits per heavy atom. The van der Waals surface area contributed by atoms with Crippen molar-refractivity contribution in [1.29, 1.82) is 0 Å². The second-order valence-electron chi connectivity index (χ2n) is 3.98. The van der Waals surface area contributed by atoms with E-state index in [4.69, 9.17) is 16.3 Å². The lowest BCUT2D eigenvalue weighted by atomic mass is 10.3.